The highest BCUT2D eigenvalue weighted by molar-refractivity contribution is 6.45. The minimum absolute atomic E-state index is 0.0255. The number of nitro groups is 2. The van der Waals surface area contributed by atoms with E-state index in [1.807, 2.05) is 48.5 Å². The monoisotopic (exact) mass is 1140 g/mol. The number of Topliss-reactive ketones (excluding diaryl/α,β-unsaturated/α-hetero) is 1. The normalized spacial score (nSPS) is 12.7. The molecule has 0 fully saturated rings. The van der Waals surface area contributed by atoms with E-state index in [9.17, 15) is 39.4 Å². The van der Waals surface area contributed by atoms with Crippen molar-refractivity contribution >= 4 is 96.0 Å². The lowest BCUT2D eigenvalue weighted by Crippen LogP contribution is -2.12. The highest BCUT2D eigenvalue weighted by Crippen LogP contribution is 2.36. The van der Waals surface area contributed by atoms with Gasteiger partial charge in [0.1, 0.15) is 5.71 Å². The van der Waals surface area contributed by atoms with Crippen LogP contribution in [-0.2, 0) is 41.9 Å². The molecule has 0 spiro atoms. The van der Waals surface area contributed by atoms with Crippen molar-refractivity contribution in [2.75, 3.05) is 6.61 Å². The smallest absolute Gasteiger partial charge is 0.433 e. The van der Waals surface area contributed by atoms with Crippen molar-refractivity contribution in [1.29, 1.82) is 0 Å². The number of hydrogen-bond donors (Lipinski definition) is 0. The van der Waals surface area contributed by atoms with E-state index in [1.165, 1.54) is 20.8 Å². The lowest BCUT2D eigenvalue weighted by molar-refractivity contribution is -0.384. The summed E-state index contributed by atoms with van der Waals surface area (Å²) in [4.78, 5) is 84.4. The largest absolute Gasteiger partial charge is 0.535 e. The van der Waals surface area contributed by atoms with Crippen LogP contribution >= 0.6 is 0 Å². The summed E-state index contributed by atoms with van der Waals surface area (Å²) in [7, 11) is 0. The number of rotatable bonds is 29. The van der Waals surface area contributed by atoms with Crippen molar-refractivity contribution in [2.24, 2.45) is 27.3 Å². The molecular formula is C64H77N7O12. The summed E-state index contributed by atoms with van der Waals surface area (Å²) in [6.45, 7) is 16.3. The molecule has 0 aliphatic rings. The molecule has 0 saturated heterocycles. The molecule has 19 heteroatoms. The minimum atomic E-state index is -0.923. The molecule has 0 radical (unpaired) electrons. The highest BCUT2D eigenvalue weighted by Gasteiger charge is 2.22. The zero-order valence-corrected chi connectivity index (χ0v) is 49.0. The summed E-state index contributed by atoms with van der Waals surface area (Å²) < 4.78 is 9.06. The van der Waals surface area contributed by atoms with Crippen molar-refractivity contribution < 1.29 is 48.3 Å². The van der Waals surface area contributed by atoms with Gasteiger partial charge < -0.3 is 23.5 Å². The number of fused-ring (bicyclic) bond motifs is 6. The predicted octanol–water partition coefficient (Wildman–Crippen LogP) is 16.1. The first kappa shape index (κ1) is 63.6. The summed E-state index contributed by atoms with van der Waals surface area (Å²) in [5.74, 6) is -0.432. The van der Waals surface area contributed by atoms with Crippen LogP contribution in [0.5, 0.6) is 0 Å². The summed E-state index contributed by atoms with van der Waals surface area (Å²) in [5, 5.41) is 39.1. The fourth-order valence-electron chi connectivity index (χ4n) is 10.3. The molecule has 19 nitrogen and oxygen atoms in total. The first-order chi connectivity index (χ1) is 40.0. The first-order valence-corrected chi connectivity index (χ1v) is 28.9. The topological polar surface area (TPSA) is 238 Å². The maximum atomic E-state index is 12.0. The molecule has 5 aromatic carbocycles. The Bertz CT molecular complexity index is 3320. The molecule has 2 atom stereocenters. The summed E-state index contributed by atoms with van der Waals surface area (Å²) >= 11 is 0. The van der Waals surface area contributed by atoms with Crippen molar-refractivity contribution in [3.8, 4) is 0 Å². The average molecular weight is 1140 g/mol. The lowest BCUT2D eigenvalue weighted by atomic mass is 9.98. The Hall–Kier alpha value is -8.61. The maximum Gasteiger partial charge on any atom is 0.535 e. The van der Waals surface area contributed by atoms with Gasteiger partial charge in [0.2, 0.25) is 5.78 Å². The number of hydrogen-bond acceptors (Lipinski definition) is 15. The van der Waals surface area contributed by atoms with Gasteiger partial charge in [-0.2, -0.15) is 0 Å². The molecule has 2 unspecified atom stereocenters. The van der Waals surface area contributed by atoms with E-state index < -0.39 is 18.1 Å². The van der Waals surface area contributed by atoms with Crippen molar-refractivity contribution in [1.82, 2.24) is 9.13 Å². The van der Waals surface area contributed by atoms with E-state index in [-0.39, 0.29) is 39.3 Å². The van der Waals surface area contributed by atoms with Gasteiger partial charge in [0.15, 0.2) is 0 Å². The van der Waals surface area contributed by atoms with Crippen LogP contribution in [0.15, 0.2) is 119 Å². The third-order valence-electron chi connectivity index (χ3n) is 14.8. The third kappa shape index (κ3) is 17.5. The molecule has 0 amide bonds. The standard InChI is InChI=1S/C52H64N6O8.C12H13NO4/c1-7-11-17-37(9-3)33-55-49-25-21-39(29-43(49)45-31-41(57(61)62)23-27-51(45)55)47(53-65-35(5)59)19-15-13-14-16-20-48(54-66-36(6)60)40-22-26-50-44(30-40)46-32-42(58(63)64)24-28-52(46)56(50)34-38(10-4)18-12-8-2;1-3-16-12(15)17-13-9(2)11(14)10-7-5-4-6-8-10/h21-32,37-38H,7-20,33-34H2,1-6H3;4-8H,3H2,1-2H3/b53-47+,54-48+;13-9+. The Morgan fingerprint density at radius 1 is 0.506 bits per heavy atom. The van der Waals surface area contributed by atoms with Crippen LogP contribution in [0.4, 0.5) is 16.2 Å². The number of aromatic nitrogens is 2. The molecule has 0 bridgehead atoms. The van der Waals surface area contributed by atoms with E-state index in [0.29, 0.717) is 41.7 Å². The van der Waals surface area contributed by atoms with Crippen LogP contribution in [0.3, 0.4) is 0 Å². The zero-order valence-electron chi connectivity index (χ0n) is 49.0. The first-order valence-electron chi connectivity index (χ1n) is 28.9. The molecule has 7 rings (SSSR count). The van der Waals surface area contributed by atoms with E-state index >= 15 is 0 Å². The predicted molar refractivity (Wildman–Crippen MR) is 325 cm³/mol. The second kappa shape index (κ2) is 31.6. The molecule has 440 valence electrons. The number of carbonyl (C=O) groups excluding carboxylic acids is 4. The Kier molecular flexibility index (Phi) is 24.2. The second-order valence-electron chi connectivity index (χ2n) is 20.7. The molecule has 7 aromatic rings. The molecular weight excluding hydrogens is 1060 g/mol. The Labute approximate surface area is 483 Å². The molecule has 83 heavy (non-hydrogen) atoms. The molecule has 0 N–H and O–H groups in total. The van der Waals surface area contributed by atoms with Crippen LogP contribution < -0.4 is 0 Å². The number of oxime groups is 3. The fourth-order valence-corrected chi connectivity index (χ4v) is 10.3. The van der Waals surface area contributed by atoms with E-state index in [2.05, 4.69) is 61.9 Å². The molecule has 2 aromatic heterocycles. The fraction of sp³-hybridized carbons (Fsp3) is 0.422. The van der Waals surface area contributed by atoms with Gasteiger partial charge in [0, 0.05) is 112 Å². The highest BCUT2D eigenvalue weighted by atomic mass is 16.8. The number of benzene rings is 5. The number of ketones is 1. The minimum Gasteiger partial charge on any atom is -0.433 e. The number of nitrogens with zero attached hydrogens (tertiary/aromatic N) is 7. The van der Waals surface area contributed by atoms with Gasteiger partial charge in [-0.1, -0.05) is 137 Å². The molecule has 0 aliphatic heterocycles. The quantitative estimate of drug-likeness (QED) is 0.00809. The van der Waals surface area contributed by atoms with E-state index in [1.54, 1.807) is 61.5 Å². The van der Waals surface area contributed by atoms with Gasteiger partial charge in [-0.15, -0.1) is 0 Å². The van der Waals surface area contributed by atoms with Crippen LogP contribution in [0.25, 0.3) is 43.6 Å². The van der Waals surface area contributed by atoms with Gasteiger partial charge in [-0.3, -0.25) is 29.9 Å². The zero-order chi connectivity index (χ0) is 60.0. The van der Waals surface area contributed by atoms with Crippen molar-refractivity contribution in [2.45, 2.75) is 158 Å². The SMILES string of the molecule is CCCCC(CC)Cn1c2ccc(/C(CCCCCC/C(=N\OC(C)=O)c3ccc4c(c3)c3cc([N+](=O)[O-])ccc3n4CC(CC)CCCC)=N/OC(C)=O)cc2c2cc([N+](=O)[O-])ccc21.CCOC(=O)O/N=C(\C)C(=O)c1ccccc1. The number of non-ortho nitro benzene ring substituents is 2. The van der Waals surface area contributed by atoms with Crippen molar-refractivity contribution in [3.05, 3.63) is 140 Å². The van der Waals surface area contributed by atoms with Gasteiger partial charge in [-0.25, -0.2) is 14.4 Å². The summed E-state index contributed by atoms with van der Waals surface area (Å²) in [6, 6.07) is 30.8. The number of carbonyl (C=O) groups is 4. The van der Waals surface area contributed by atoms with E-state index in [4.69, 9.17) is 9.68 Å². The number of unbranched alkanes of at least 4 members (excludes halogenated alkanes) is 5. The van der Waals surface area contributed by atoms with Crippen LogP contribution in [0, 0.1) is 32.1 Å². The van der Waals surface area contributed by atoms with Crippen LogP contribution in [0.1, 0.15) is 167 Å². The molecule has 0 saturated carbocycles. The maximum absolute atomic E-state index is 12.0. The Morgan fingerprint density at radius 3 is 1.31 bits per heavy atom. The van der Waals surface area contributed by atoms with Crippen LogP contribution in [-0.4, -0.2) is 66.6 Å². The number of ether oxygens (including phenoxy) is 1. The third-order valence-corrected chi connectivity index (χ3v) is 14.8. The van der Waals surface area contributed by atoms with Crippen molar-refractivity contribution in [3.63, 3.8) is 0 Å². The van der Waals surface area contributed by atoms with Gasteiger partial charge in [0.25, 0.3) is 11.4 Å². The van der Waals surface area contributed by atoms with Crippen LogP contribution in [0.2, 0.25) is 0 Å². The van der Waals surface area contributed by atoms with Gasteiger partial charge >= 0.3 is 18.1 Å². The lowest BCUT2D eigenvalue weighted by Gasteiger charge is -2.17. The van der Waals surface area contributed by atoms with Gasteiger partial charge in [0.05, 0.1) is 27.9 Å². The average Bonchev–Trinajstić information content (AvgIpc) is 3.29. The number of nitro benzene ring substituents is 2. The Morgan fingerprint density at radius 2 is 0.928 bits per heavy atom. The van der Waals surface area contributed by atoms with Gasteiger partial charge in [-0.05, 0) is 101 Å². The van der Waals surface area contributed by atoms with E-state index in [0.717, 1.165) is 145 Å². The Balaban J connectivity index is 0.000000557. The molecule has 0 aliphatic carbocycles. The molecule has 2 heterocycles. The summed E-state index contributed by atoms with van der Waals surface area (Å²) in [5.41, 5.74) is 7.24. The summed E-state index contributed by atoms with van der Waals surface area (Å²) in [6.07, 6.45) is 12.0. The second-order valence-corrected chi connectivity index (χ2v) is 20.7.